The second-order valence-corrected chi connectivity index (χ2v) is 13.8. The number of nitrogen functional groups attached to an aromatic ring is 2. The van der Waals surface area contributed by atoms with Crippen LogP contribution in [0.2, 0.25) is 0 Å². The van der Waals surface area contributed by atoms with Crippen molar-refractivity contribution in [2.75, 3.05) is 35.3 Å². The van der Waals surface area contributed by atoms with Crippen molar-refractivity contribution in [2.24, 2.45) is 23.7 Å². The number of aliphatic hydroxyl groups is 2. The predicted molar refractivity (Wildman–Crippen MR) is 203 cm³/mol. The number of hydrogen-bond donors (Lipinski definition) is 6. The van der Waals surface area contributed by atoms with Gasteiger partial charge in [0.1, 0.15) is 11.6 Å². The summed E-state index contributed by atoms with van der Waals surface area (Å²) in [5.41, 5.74) is 15.8. The third-order valence-corrected chi connectivity index (χ3v) is 10.1. The summed E-state index contributed by atoms with van der Waals surface area (Å²) in [5, 5.41) is 26.0. The van der Waals surface area contributed by atoms with Crippen LogP contribution in [0, 0.1) is 49.2 Å². The number of aromatic nitrogens is 4. The number of benzene rings is 2. The molecule has 4 heterocycles. The number of halogens is 2. The summed E-state index contributed by atoms with van der Waals surface area (Å²) in [6.07, 6.45) is 10.8. The molecule has 6 aromatic rings. The largest absolute Gasteiger partial charge is 0.396 e. The van der Waals surface area contributed by atoms with E-state index < -0.39 is 11.6 Å². The van der Waals surface area contributed by atoms with Gasteiger partial charge in [-0.05, 0) is 96.8 Å². The Labute approximate surface area is 308 Å². The van der Waals surface area contributed by atoms with Crippen LogP contribution in [0.4, 0.5) is 31.8 Å². The Kier molecular flexibility index (Phi) is 9.88. The summed E-state index contributed by atoms with van der Waals surface area (Å²) < 4.78 is 29.7. The molecule has 4 aromatic heterocycles. The van der Waals surface area contributed by atoms with E-state index in [-0.39, 0.29) is 60.1 Å². The van der Waals surface area contributed by atoms with Gasteiger partial charge in [0.15, 0.2) is 11.6 Å². The number of nitrogens with two attached hydrogens (primary N) is 2. The van der Waals surface area contributed by atoms with Crippen molar-refractivity contribution in [1.82, 2.24) is 19.9 Å². The molecular formula is C40H38F2N8O4. The first-order valence-electron chi connectivity index (χ1n) is 17.4. The van der Waals surface area contributed by atoms with Gasteiger partial charge in [-0.3, -0.25) is 19.6 Å². The number of pyridine rings is 4. The minimum Gasteiger partial charge on any atom is -0.396 e. The average Bonchev–Trinajstić information content (AvgIpc) is 4.11. The number of fused-ring (bicyclic) bond motifs is 2. The monoisotopic (exact) mass is 732 g/mol. The number of anilines is 4. The van der Waals surface area contributed by atoms with Crippen LogP contribution < -0.4 is 22.1 Å². The zero-order chi connectivity index (χ0) is 38.3. The van der Waals surface area contributed by atoms with Crippen molar-refractivity contribution < 1.29 is 28.6 Å². The number of nitrogens with zero attached hydrogens (tertiary/aromatic N) is 4. The Morgan fingerprint density at radius 3 is 1.44 bits per heavy atom. The second-order valence-electron chi connectivity index (χ2n) is 13.8. The molecule has 54 heavy (non-hydrogen) atoms. The number of carbonyl (C=O) groups excluding carboxylic acids is 2. The molecule has 2 saturated carbocycles. The molecule has 276 valence electrons. The summed E-state index contributed by atoms with van der Waals surface area (Å²) in [6.45, 7) is 3.77. The molecule has 4 atom stereocenters. The molecule has 0 unspecified atom stereocenters. The van der Waals surface area contributed by atoms with Crippen molar-refractivity contribution in [3.8, 4) is 22.3 Å². The third kappa shape index (κ3) is 7.13. The van der Waals surface area contributed by atoms with Crippen molar-refractivity contribution in [3.63, 3.8) is 0 Å². The second kappa shape index (κ2) is 14.7. The Balaban J connectivity index is 0.000000167. The topological polar surface area (TPSA) is 202 Å². The highest BCUT2D eigenvalue weighted by atomic mass is 19.1. The standard InChI is InChI=1S/2C20H19FN4O2/c2*1-10-2-3-23-7-15(10)14-4-11-6-17(24-8-16(11)19(22)18(14)21)25-20(27)13-5-12(13)9-26/h2*2-4,6-8,12-13,26H,5,9,22H2,1H3,(H,24,25,27)/t2*12-,13-/m10/s1. The van der Waals surface area contributed by atoms with Crippen LogP contribution >= 0.6 is 0 Å². The number of carbonyl (C=O) groups is 2. The Hall–Kier alpha value is -6.12. The van der Waals surface area contributed by atoms with Crippen LogP contribution in [-0.2, 0) is 9.59 Å². The van der Waals surface area contributed by atoms with E-state index in [9.17, 15) is 18.4 Å². The minimum absolute atomic E-state index is 0.00681. The number of rotatable bonds is 8. The fourth-order valence-electron chi connectivity index (χ4n) is 6.59. The van der Waals surface area contributed by atoms with Gasteiger partial charge in [0.25, 0.3) is 0 Å². The van der Waals surface area contributed by atoms with E-state index in [1.807, 2.05) is 13.8 Å². The normalized spacial score (nSPS) is 18.5. The average molecular weight is 733 g/mol. The van der Waals surface area contributed by atoms with Gasteiger partial charge in [0.05, 0.1) is 11.4 Å². The van der Waals surface area contributed by atoms with E-state index in [1.165, 1.54) is 12.4 Å². The Bertz CT molecular complexity index is 2280. The number of amides is 2. The molecule has 2 fully saturated rings. The van der Waals surface area contributed by atoms with Gasteiger partial charge in [0, 0.05) is 95.3 Å². The van der Waals surface area contributed by atoms with E-state index in [1.54, 1.807) is 61.2 Å². The highest BCUT2D eigenvalue weighted by Gasteiger charge is 2.43. The molecule has 8 N–H and O–H groups in total. The van der Waals surface area contributed by atoms with Crippen LogP contribution in [0.3, 0.4) is 0 Å². The summed E-state index contributed by atoms with van der Waals surface area (Å²) >= 11 is 0. The predicted octanol–water partition coefficient (Wildman–Crippen LogP) is 5.79. The van der Waals surface area contributed by atoms with E-state index in [4.69, 9.17) is 21.7 Å². The minimum atomic E-state index is -0.513. The highest BCUT2D eigenvalue weighted by molar-refractivity contribution is 6.02. The molecule has 0 radical (unpaired) electrons. The molecule has 8 rings (SSSR count). The Morgan fingerprint density at radius 2 is 1.09 bits per heavy atom. The number of nitrogens with one attached hydrogen (secondary N) is 2. The first-order chi connectivity index (χ1) is 26.0. The molecular weight excluding hydrogens is 694 g/mol. The lowest BCUT2D eigenvalue weighted by molar-refractivity contribution is -0.118. The Morgan fingerprint density at radius 1 is 0.685 bits per heavy atom. The zero-order valence-corrected chi connectivity index (χ0v) is 29.5. The van der Waals surface area contributed by atoms with Crippen LogP contribution in [0.1, 0.15) is 24.0 Å². The zero-order valence-electron chi connectivity index (χ0n) is 29.5. The van der Waals surface area contributed by atoms with Crippen molar-refractivity contribution >= 4 is 56.4 Å². The third-order valence-electron chi connectivity index (χ3n) is 10.1. The van der Waals surface area contributed by atoms with E-state index in [0.29, 0.717) is 68.3 Å². The number of aliphatic hydroxyl groups excluding tert-OH is 2. The van der Waals surface area contributed by atoms with Crippen molar-refractivity contribution in [3.05, 3.63) is 96.3 Å². The van der Waals surface area contributed by atoms with Gasteiger partial charge in [-0.15, -0.1) is 0 Å². The lowest BCUT2D eigenvalue weighted by Crippen LogP contribution is -2.16. The van der Waals surface area contributed by atoms with E-state index >= 15 is 0 Å². The lowest BCUT2D eigenvalue weighted by Gasteiger charge is -2.12. The van der Waals surface area contributed by atoms with Crippen molar-refractivity contribution in [1.29, 1.82) is 0 Å². The molecule has 14 heteroatoms. The molecule has 2 aliphatic carbocycles. The van der Waals surface area contributed by atoms with Gasteiger partial charge in [-0.25, -0.2) is 18.7 Å². The highest BCUT2D eigenvalue weighted by Crippen LogP contribution is 2.41. The maximum absolute atomic E-state index is 14.8. The van der Waals surface area contributed by atoms with Gasteiger partial charge >= 0.3 is 0 Å². The van der Waals surface area contributed by atoms with Crippen LogP contribution in [-0.4, -0.2) is 55.2 Å². The van der Waals surface area contributed by atoms with Crippen LogP contribution in [0.15, 0.2) is 73.6 Å². The molecule has 2 amide bonds. The van der Waals surface area contributed by atoms with Gasteiger partial charge in [-0.1, -0.05) is 0 Å². The lowest BCUT2D eigenvalue weighted by atomic mass is 9.98. The summed E-state index contributed by atoms with van der Waals surface area (Å²) in [7, 11) is 0. The fraction of sp³-hybridized carbons (Fsp3) is 0.250. The molecule has 2 aliphatic rings. The molecule has 0 bridgehead atoms. The fourth-order valence-corrected chi connectivity index (χ4v) is 6.59. The summed E-state index contributed by atoms with van der Waals surface area (Å²) in [5.74, 6) is -0.933. The smallest absolute Gasteiger partial charge is 0.229 e. The van der Waals surface area contributed by atoms with E-state index in [0.717, 1.165) is 11.1 Å². The maximum atomic E-state index is 14.8. The summed E-state index contributed by atoms with van der Waals surface area (Å²) in [6, 6.07) is 10.3. The summed E-state index contributed by atoms with van der Waals surface area (Å²) in [4.78, 5) is 40.9. The number of aryl methyl sites for hydroxylation is 2. The molecule has 12 nitrogen and oxygen atoms in total. The van der Waals surface area contributed by atoms with Crippen LogP contribution in [0.25, 0.3) is 43.8 Å². The van der Waals surface area contributed by atoms with Crippen molar-refractivity contribution in [2.45, 2.75) is 26.7 Å². The molecule has 0 aliphatic heterocycles. The SMILES string of the molecule is Cc1ccncc1-c1cc2cc(NC(=O)[C@@H]3C[C@@H]3CO)ncc2c(N)c1F.Cc1ccncc1-c1cc2cc(NC(=O)[C@H]3C[C@H]3CO)ncc2c(N)c1F. The first kappa shape index (κ1) is 36.2. The maximum Gasteiger partial charge on any atom is 0.229 e. The van der Waals surface area contributed by atoms with Crippen LogP contribution in [0.5, 0.6) is 0 Å². The first-order valence-corrected chi connectivity index (χ1v) is 17.4. The van der Waals surface area contributed by atoms with E-state index in [2.05, 4.69) is 30.6 Å². The number of hydrogen-bond acceptors (Lipinski definition) is 10. The molecule has 0 saturated heterocycles. The molecule has 0 spiro atoms. The van der Waals surface area contributed by atoms with Gasteiger partial charge < -0.3 is 32.3 Å². The van der Waals surface area contributed by atoms with Gasteiger partial charge in [0.2, 0.25) is 11.8 Å². The van der Waals surface area contributed by atoms with Gasteiger partial charge in [-0.2, -0.15) is 0 Å². The quantitative estimate of drug-likeness (QED) is 0.104. The molecule has 2 aromatic carbocycles.